The van der Waals surface area contributed by atoms with Crippen molar-refractivity contribution in [1.82, 2.24) is 9.97 Å². The van der Waals surface area contributed by atoms with Crippen LogP contribution in [0.2, 0.25) is 0 Å². The summed E-state index contributed by atoms with van der Waals surface area (Å²) < 4.78 is 18.9. The molecule has 34 heavy (non-hydrogen) atoms. The monoisotopic (exact) mass is 457 g/mol. The molecule has 8 nitrogen and oxygen atoms in total. The van der Waals surface area contributed by atoms with Gasteiger partial charge in [-0.2, -0.15) is 0 Å². The number of halogens is 1. The van der Waals surface area contributed by atoms with Crippen LogP contribution in [0.1, 0.15) is 17.3 Å². The first-order valence-electron chi connectivity index (χ1n) is 10.3. The van der Waals surface area contributed by atoms with E-state index in [2.05, 4.69) is 25.9 Å². The zero-order chi connectivity index (χ0) is 23.9. The number of benzene rings is 2. The Morgan fingerprint density at radius 1 is 0.824 bits per heavy atom. The minimum Gasteiger partial charge on any atom is -0.457 e. The maximum Gasteiger partial charge on any atom is 0.259 e. The molecule has 2 aromatic heterocycles. The summed E-state index contributed by atoms with van der Waals surface area (Å²) in [6, 6.07) is 19.2. The van der Waals surface area contributed by atoms with E-state index >= 15 is 0 Å². The van der Waals surface area contributed by atoms with E-state index in [1.165, 1.54) is 37.4 Å². The SMILES string of the molecule is CC(=O)Nc1cc(Oc2ccc(Nc3ncccc3C(=O)Nc3ccc(F)cc3)cc2)ccn1. The van der Waals surface area contributed by atoms with Gasteiger partial charge in [-0.1, -0.05) is 0 Å². The van der Waals surface area contributed by atoms with Gasteiger partial charge in [-0.15, -0.1) is 0 Å². The van der Waals surface area contributed by atoms with E-state index in [1.54, 1.807) is 54.7 Å². The van der Waals surface area contributed by atoms with E-state index < -0.39 is 0 Å². The quantitative estimate of drug-likeness (QED) is 0.345. The van der Waals surface area contributed by atoms with Crippen molar-refractivity contribution in [2.24, 2.45) is 0 Å². The van der Waals surface area contributed by atoms with E-state index in [9.17, 15) is 14.0 Å². The topological polar surface area (TPSA) is 105 Å². The number of ether oxygens (including phenoxy) is 1. The Labute approximate surface area is 194 Å². The average Bonchev–Trinajstić information content (AvgIpc) is 2.82. The molecule has 0 aliphatic carbocycles. The third-order valence-electron chi connectivity index (χ3n) is 4.54. The lowest BCUT2D eigenvalue weighted by Crippen LogP contribution is -2.14. The molecule has 2 aromatic carbocycles. The molecule has 0 bridgehead atoms. The summed E-state index contributed by atoms with van der Waals surface area (Å²) in [4.78, 5) is 32.2. The number of hydrogen-bond acceptors (Lipinski definition) is 6. The second kappa shape index (κ2) is 10.2. The molecule has 0 fully saturated rings. The van der Waals surface area contributed by atoms with Gasteiger partial charge in [0, 0.05) is 36.8 Å². The molecule has 4 aromatic rings. The summed E-state index contributed by atoms with van der Waals surface area (Å²) in [5.74, 6) is 0.862. The van der Waals surface area contributed by atoms with Gasteiger partial charge in [0.25, 0.3) is 5.91 Å². The highest BCUT2D eigenvalue weighted by atomic mass is 19.1. The normalized spacial score (nSPS) is 10.3. The predicted octanol–water partition coefficient (Wildman–Crippen LogP) is 5.36. The Hall–Kier alpha value is -4.79. The summed E-state index contributed by atoms with van der Waals surface area (Å²) >= 11 is 0. The Morgan fingerprint density at radius 2 is 1.56 bits per heavy atom. The van der Waals surface area contributed by atoms with Crippen LogP contribution < -0.4 is 20.7 Å². The number of rotatable bonds is 7. The van der Waals surface area contributed by atoms with Gasteiger partial charge in [0.05, 0.1) is 5.56 Å². The fourth-order valence-corrected chi connectivity index (χ4v) is 3.02. The fourth-order valence-electron chi connectivity index (χ4n) is 3.02. The molecule has 0 aliphatic heterocycles. The zero-order valence-corrected chi connectivity index (χ0v) is 18.1. The van der Waals surface area contributed by atoms with E-state index in [-0.39, 0.29) is 17.6 Å². The molecule has 4 rings (SSSR count). The lowest BCUT2D eigenvalue weighted by molar-refractivity contribution is -0.114. The van der Waals surface area contributed by atoms with Crippen molar-refractivity contribution in [2.45, 2.75) is 6.92 Å². The number of pyridine rings is 2. The predicted molar refractivity (Wildman–Crippen MR) is 127 cm³/mol. The number of amides is 2. The van der Waals surface area contributed by atoms with E-state index in [1.807, 2.05) is 0 Å². The number of nitrogens with zero attached hydrogens (tertiary/aromatic N) is 2. The third-order valence-corrected chi connectivity index (χ3v) is 4.54. The highest BCUT2D eigenvalue weighted by Gasteiger charge is 2.13. The first kappa shape index (κ1) is 22.4. The van der Waals surface area contributed by atoms with Gasteiger partial charge in [-0.25, -0.2) is 14.4 Å². The van der Waals surface area contributed by atoms with Crippen LogP contribution in [0, 0.1) is 5.82 Å². The Kier molecular flexibility index (Phi) is 6.73. The van der Waals surface area contributed by atoms with Gasteiger partial charge in [0.2, 0.25) is 5.91 Å². The van der Waals surface area contributed by atoms with Crippen molar-refractivity contribution in [3.8, 4) is 11.5 Å². The molecule has 0 saturated carbocycles. The van der Waals surface area contributed by atoms with Crippen LogP contribution in [0.5, 0.6) is 11.5 Å². The summed E-state index contributed by atoms with van der Waals surface area (Å²) in [6.07, 6.45) is 3.11. The zero-order valence-electron chi connectivity index (χ0n) is 18.1. The molecule has 9 heteroatoms. The Bertz CT molecular complexity index is 1310. The van der Waals surface area contributed by atoms with Gasteiger partial charge in [0.15, 0.2) is 0 Å². The van der Waals surface area contributed by atoms with Gasteiger partial charge < -0.3 is 20.7 Å². The average molecular weight is 457 g/mol. The second-order valence-corrected chi connectivity index (χ2v) is 7.17. The Balaban J connectivity index is 1.44. The number of aromatic nitrogens is 2. The van der Waals surface area contributed by atoms with Crippen molar-refractivity contribution >= 4 is 34.8 Å². The van der Waals surface area contributed by atoms with Gasteiger partial charge >= 0.3 is 0 Å². The van der Waals surface area contributed by atoms with Crippen LogP contribution in [0.25, 0.3) is 0 Å². The van der Waals surface area contributed by atoms with Crippen LogP contribution >= 0.6 is 0 Å². The summed E-state index contributed by atoms with van der Waals surface area (Å²) in [6.45, 7) is 1.40. The number of hydrogen-bond donors (Lipinski definition) is 3. The smallest absolute Gasteiger partial charge is 0.259 e. The maximum atomic E-state index is 13.1. The van der Waals surface area contributed by atoms with E-state index in [0.717, 1.165) is 0 Å². The first-order chi connectivity index (χ1) is 16.5. The molecule has 0 saturated heterocycles. The number of nitrogens with one attached hydrogen (secondary N) is 3. The lowest BCUT2D eigenvalue weighted by Gasteiger charge is -2.12. The van der Waals surface area contributed by atoms with Gasteiger partial charge in [-0.05, 0) is 66.7 Å². The summed E-state index contributed by atoms with van der Waals surface area (Å²) in [5, 5.41) is 8.46. The molecule has 3 N–H and O–H groups in total. The lowest BCUT2D eigenvalue weighted by atomic mass is 10.2. The number of carbonyl (C=O) groups is 2. The fraction of sp³-hybridized carbons (Fsp3) is 0.0400. The molecule has 2 amide bonds. The van der Waals surface area contributed by atoms with Gasteiger partial charge in [0.1, 0.15) is 29.0 Å². The highest BCUT2D eigenvalue weighted by Crippen LogP contribution is 2.26. The van der Waals surface area contributed by atoms with Crippen molar-refractivity contribution in [2.75, 3.05) is 16.0 Å². The molecule has 170 valence electrons. The van der Waals surface area contributed by atoms with E-state index in [4.69, 9.17) is 4.74 Å². The minimum atomic E-state index is -0.383. The van der Waals surface area contributed by atoms with Crippen molar-refractivity contribution in [3.63, 3.8) is 0 Å². The molecule has 0 unspecified atom stereocenters. The van der Waals surface area contributed by atoms with Crippen molar-refractivity contribution < 1.29 is 18.7 Å². The van der Waals surface area contributed by atoms with Gasteiger partial charge in [-0.3, -0.25) is 9.59 Å². The molecular formula is C25H20FN5O3. The third kappa shape index (κ3) is 5.92. The highest BCUT2D eigenvalue weighted by molar-refractivity contribution is 6.07. The Morgan fingerprint density at radius 3 is 2.29 bits per heavy atom. The van der Waals surface area contributed by atoms with Crippen LogP contribution in [0.3, 0.4) is 0 Å². The minimum absolute atomic E-state index is 0.222. The summed E-state index contributed by atoms with van der Waals surface area (Å²) in [7, 11) is 0. The van der Waals surface area contributed by atoms with Crippen molar-refractivity contribution in [3.05, 3.63) is 96.6 Å². The van der Waals surface area contributed by atoms with Crippen LogP contribution in [-0.4, -0.2) is 21.8 Å². The summed E-state index contributed by atoms with van der Waals surface area (Å²) in [5.41, 5.74) is 1.49. The van der Waals surface area contributed by atoms with E-state index in [0.29, 0.717) is 40.1 Å². The molecular weight excluding hydrogens is 437 g/mol. The second-order valence-electron chi connectivity index (χ2n) is 7.17. The molecule has 0 aliphatic rings. The van der Waals surface area contributed by atoms with Crippen LogP contribution in [0.4, 0.5) is 27.4 Å². The molecule has 0 atom stereocenters. The van der Waals surface area contributed by atoms with Crippen LogP contribution in [-0.2, 0) is 4.79 Å². The molecule has 0 spiro atoms. The van der Waals surface area contributed by atoms with Crippen molar-refractivity contribution in [1.29, 1.82) is 0 Å². The first-order valence-corrected chi connectivity index (χ1v) is 10.3. The maximum absolute atomic E-state index is 13.1. The largest absolute Gasteiger partial charge is 0.457 e. The standard InChI is InChI=1S/C25H20FN5O3/c1-16(32)29-23-15-21(12-14-27-23)34-20-10-8-18(9-11-20)30-24-22(3-2-13-28-24)25(33)31-19-6-4-17(26)5-7-19/h2-15H,1H3,(H,28,30)(H,31,33)(H,27,29,32). The number of anilines is 4. The number of carbonyl (C=O) groups excluding carboxylic acids is 2. The molecule has 0 radical (unpaired) electrons. The molecule has 2 heterocycles. The van der Waals surface area contributed by atoms with Crippen LogP contribution in [0.15, 0.2) is 85.2 Å².